The fraction of sp³-hybridized carbons (Fsp3) is 0.625. The lowest BCUT2D eigenvalue weighted by Crippen LogP contribution is -2.48. The molecule has 4 amide bonds. The van der Waals surface area contributed by atoms with Crippen LogP contribution in [0, 0.1) is 0 Å². The van der Waals surface area contributed by atoms with E-state index in [1.807, 2.05) is 10.9 Å². The van der Waals surface area contributed by atoms with E-state index >= 15 is 0 Å². The molecule has 0 aliphatic carbocycles. The number of nitrogens with one attached hydrogen (secondary N) is 3. The summed E-state index contributed by atoms with van der Waals surface area (Å²) in [5.41, 5.74) is 7.90. The van der Waals surface area contributed by atoms with Gasteiger partial charge in [0.1, 0.15) is 12.1 Å². The zero-order valence-electron chi connectivity index (χ0n) is 9.42. The van der Waals surface area contributed by atoms with Crippen LogP contribution >= 0.6 is 0 Å². The van der Waals surface area contributed by atoms with Crippen molar-refractivity contribution in [1.82, 2.24) is 16.2 Å². The van der Waals surface area contributed by atoms with Gasteiger partial charge in [0.2, 0.25) is 0 Å². The highest BCUT2D eigenvalue weighted by Crippen LogP contribution is 2.05. The molecule has 0 fully saturated rings. The molecule has 0 radical (unpaired) electrons. The van der Waals surface area contributed by atoms with Crippen molar-refractivity contribution < 1.29 is 19.1 Å². The minimum atomic E-state index is -0.898. The molecular weight excluding hydrogens is 216 g/mol. The average molecular weight is 232 g/mol. The van der Waals surface area contributed by atoms with Gasteiger partial charge in [-0.2, -0.15) is 0 Å². The molecular formula is C8H16N4O4. The Morgan fingerprint density at radius 1 is 1.19 bits per heavy atom. The summed E-state index contributed by atoms with van der Waals surface area (Å²) in [7, 11) is 0. The van der Waals surface area contributed by atoms with Crippen molar-refractivity contribution in [2.75, 3.05) is 6.54 Å². The number of hydrazine groups is 1. The van der Waals surface area contributed by atoms with Crippen molar-refractivity contribution in [3.63, 3.8) is 0 Å². The monoisotopic (exact) mass is 232 g/mol. The van der Waals surface area contributed by atoms with Gasteiger partial charge in [-0.3, -0.25) is 10.2 Å². The first-order valence-electron chi connectivity index (χ1n) is 4.52. The lowest BCUT2D eigenvalue weighted by Gasteiger charge is -2.19. The summed E-state index contributed by atoms with van der Waals surface area (Å²) in [5, 5.41) is 2.20. The third-order valence-electron chi connectivity index (χ3n) is 1.12. The van der Waals surface area contributed by atoms with Crippen LogP contribution in [0.5, 0.6) is 0 Å². The van der Waals surface area contributed by atoms with Crippen molar-refractivity contribution in [3.8, 4) is 0 Å². The molecule has 8 nitrogen and oxygen atoms in total. The molecule has 0 atom stereocenters. The third kappa shape index (κ3) is 8.60. The first-order chi connectivity index (χ1) is 7.20. The fourth-order valence-corrected chi connectivity index (χ4v) is 0.642. The average Bonchev–Trinajstić information content (AvgIpc) is 2.08. The number of nitrogens with two attached hydrogens (primary N) is 1. The molecule has 0 aromatic heterocycles. The van der Waals surface area contributed by atoms with E-state index in [0.717, 1.165) is 0 Å². The van der Waals surface area contributed by atoms with E-state index < -0.39 is 23.6 Å². The summed E-state index contributed by atoms with van der Waals surface area (Å²) in [6, 6.07) is -0.898. The van der Waals surface area contributed by atoms with Crippen LogP contribution in [-0.4, -0.2) is 30.2 Å². The summed E-state index contributed by atoms with van der Waals surface area (Å²) in [6.45, 7) is 4.76. The van der Waals surface area contributed by atoms with Crippen LogP contribution < -0.4 is 21.9 Å². The maximum atomic E-state index is 11.1. The molecule has 0 aliphatic heterocycles. The highest BCUT2D eigenvalue weighted by Gasteiger charge is 2.16. The van der Waals surface area contributed by atoms with E-state index in [2.05, 4.69) is 5.32 Å². The Bertz CT molecular complexity index is 284. The molecule has 0 saturated carbocycles. The van der Waals surface area contributed by atoms with Crippen molar-refractivity contribution in [2.45, 2.75) is 26.4 Å². The Balaban J connectivity index is 3.76. The fourth-order valence-electron chi connectivity index (χ4n) is 0.642. The van der Waals surface area contributed by atoms with E-state index in [1.165, 1.54) is 0 Å². The Kier molecular flexibility index (Phi) is 5.07. The molecule has 5 N–H and O–H groups in total. The van der Waals surface area contributed by atoms with Crippen LogP contribution in [0.4, 0.5) is 9.59 Å². The largest absolute Gasteiger partial charge is 0.444 e. The topological polar surface area (TPSA) is 123 Å². The van der Waals surface area contributed by atoms with Gasteiger partial charge in [-0.25, -0.2) is 15.0 Å². The zero-order valence-corrected chi connectivity index (χ0v) is 9.42. The normalized spacial score (nSPS) is 10.2. The van der Waals surface area contributed by atoms with Crippen molar-refractivity contribution >= 4 is 18.0 Å². The summed E-state index contributed by atoms with van der Waals surface area (Å²) in [4.78, 5) is 32.3. The molecule has 92 valence electrons. The standard InChI is InChI=1S/C8H16N4O4/c1-8(2,3)16-7(15)10-4-5(13)11-12-6(9)14/h4H2,1-3H3,(H,10,15)(H,11,13)(H3,9,12,14). The van der Waals surface area contributed by atoms with Gasteiger partial charge in [0.25, 0.3) is 5.91 Å². The molecule has 8 heteroatoms. The van der Waals surface area contributed by atoms with Crippen molar-refractivity contribution in [2.24, 2.45) is 5.73 Å². The molecule has 0 saturated heterocycles. The third-order valence-corrected chi connectivity index (χ3v) is 1.12. The van der Waals surface area contributed by atoms with Gasteiger partial charge in [0.05, 0.1) is 0 Å². The number of rotatable bonds is 2. The van der Waals surface area contributed by atoms with Crippen molar-refractivity contribution in [1.29, 1.82) is 0 Å². The van der Waals surface area contributed by atoms with Gasteiger partial charge in [-0.05, 0) is 20.8 Å². The van der Waals surface area contributed by atoms with E-state index in [4.69, 9.17) is 10.5 Å². The first kappa shape index (κ1) is 14.0. The maximum absolute atomic E-state index is 11.1. The molecule has 0 unspecified atom stereocenters. The van der Waals surface area contributed by atoms with Gasteiger partial charge in [-0.1, -0.05) is 0 Å². The number of carbonyl (C=O) groups excluding carboxylic acids is 3. The Morgan fingerprint density at radius 3 is 2.19 bits per heavy atom. The molecule has 0 rings (SSSR count). The van der Waals surface area contributed by atoms with E-state index in [9.17, 15) is 14.4 Å². The molecule has 0 aliphatic rings. The SMILES string of the molecule is CC(C)(C)OC(=O)NCC(=O)NNC(N)=O. The molecule has 0 bridgehead atoms. The van der Waals surface area contributed by atoms with E-state index in [0.29, 0.717) is 0 Å². The van der Waals surface area contributed by atoms with Crippen molar-refractivity contribution in [3.05, 3.63) is 0 Å². The molecule has 0 aromatic rings. The van der Waals surface area contributed by atoms with Gasteiger partial charge >= 0.3 is 12.1 Å². The zero-order chi connectivity index (χ0) is 12.8. The van der Waals surface area contributed by atoms with Gasteiger partial charge < -0.3 is 15.8 Å². The van der Waals surface area contributed by atoms with Crippen LogP contribution in [0.1, 0.15) is 20.8 Å². The molecule has 0 spiro atoms. The number of hydrogen-bond acceptors (Lipinski definition) is 4. The summed E-state index contributed by atoms with van der Waals surface area (Å²) in [5.74, 6) is -0.621. The molecule has 0 aromatic carbocycles. The number of hydrogen-bond donors (Lipinski definition) is 4. The van der Waals surface area contributed by atoms with Crippen LogP contribution in [0.3, 0.4) is 0 Å². The maximum Gasteiger partial charge on any atom is 0.408 e. The predicted molar refractivity (Wildman–Crippen MR) is 55.1 cm³/mol. The number of alkyl carbamates (subject to hydrolysis) is 1. The smallest absolute Gasteiger partial charge is 0.408 e. The summed E-state index contributed by atoms with van der Waals surface area (Å²) >= 11 is 0. The number of ether oxygens (including phenoxy) is 1. The Hall–Kier alpha value is -1.99. The summed E-state index contributed by atoms with van der Waals surface area (Å²) < 4.78 is 4.87. The predicted octanol–water partition coefficient (Wildman–Crippen LogP) is -0.789. The lowest BCUT2D eigenvalue weighted by atomic mass is 10.2. The minimum Gasteiger partial charge on any atom is -0.444 e. The first-order valence-corrected chi connectivity index (χ1v) is 4.52. The minimum absolute atomic E-state index is 0.324. The second-order valence-electron chi connectivity index (χ2n) is 3.89. The molecule has 16 heavy (non-hydrogen) atoms. The highest BCUT2D eigenvalue weighted by atomic mass is 16.6. The van der Waals surface area contributed by atoms with Gasteiger partial charge in [0.15, 0.2) is 0 Å². The van der Waals surface area contributed by atoms with E-state index in [-0.39, 0.29) is 6.54 Å². The number of carbonyl (C=O) groups is 3. The lowest BCUT2D eigenvalue weighted by molar-refractivity contribution is -0.120. The van der Waals surface area contributed by atoms with Crippen LogP contribution in [0.25, 0.3) is 0 Å². The summed E-state index contributed by atoms with van der Waals surface area (Å²) in [6.07, 6.45) is -0.721. The van der Waals surface area contributed by atoms with Crippen LogP contribution in [-0.2, 0) is 9.53 Å². The van der Waals surface area contributed by atoms with Gasteiger partial charge in [-0.15, -0.1) is 0 Å². The van der Waals surface area contributed by atoms with Crippen LogP contribution in [0.2, 0.25) is 0 Å². The number of primary amides is 1. The van der Waals surface area contributed by atoms with Crippen LogP contribution in [0.15, 0.2) is 0 Å². The van der Waals surface area contributed by atoms with Gasteiger partial charge in [0, 0.05) is 0 Å². The van der Waals surface area contributed by atoms with E-state index in [1.54, 1.807) is 20.8 Å². The quantitative estimate of drug-likeness (QED) is 0.466. The molecule has 0 heterocycles. The highest BCUT2D eigenvalue weighted by molar-refractivity contribution is 5.84. The second kappa shape index (κ2) is 5.79. The number of urea groups is 1. The number of amides is 4. The second-order valence-corrected chi connectivity index (χ2v) is 3.89. The Labute approximate surface area is 92.9 Å². The Morgan fingerprint density at radius 2 is 1.75 bits per heavy atom.